The Morgan fingerprint density at radius 3 is 2.54 bits per heavy atom. The number of fused-ring (bicyclic) bond motifs is 1. The van der Waals surface area contributed by atoms with Crippen molar-refractivity contribution in [3.63, 3.8) is 0 Å². The topological polar surface area (TPSA) is 97.5 Å². The Morgan fingerprint density at radius 1 is 1.02 bits per heavy atom. The molecule has 1 aliphatic carbocycles. The quantitative estimate of drug-likeness (QED) is 0.306. The molecule has 2 N–H and O–H groups in total. The van der Waals surface area contributed by atoms with Gasteiger partial charge in [0.2, 0.25) is 5.91 Å². The normalized spacial score (nSPS) is 19.9. The van der Waals surface area contributed by atoms with Gasteiger partial charge in [-0.25, -0.2) is 9.97 Å². The van der Waals surface area contributed by atoms with Crippen molar-refractivity contribution in [1.82, 2.24) is 24.8 Å². The molecule has 2 fully saturated rings. The number of carbonyl (C=O) groups excluding carboxylic acids is 1. The SMILES string of the molecule is Cc1cc(C)c2nc(-c3ccco3)n(Cc3ccc(NC4CCC(C(=O)NCCN5CCOCC5)CC4)cc3)c2n1. The fraction of sp³-hybridized carbons (Fsp3) is 0.469. The number of pyridine rings is 1. The first-order valence-corrected chi connectivity index (χ1v) is 14.8. The molecule has 0 unspecified atom stereocenters. The third kappa shape index (κ3) is 6.47. The molecule has 216 valence electrons. The summed E-state index contributed by atoms with van der Waals surface area (Å²) in [6.45, 7) is 9.85. The van der Waals surface area contributed by atoms with Gasteiger partial charge >= 0.3 is 0 Å². The summed E-state index contributed by atoms with van der Waals surface area (Å²) < 4.78 is 13.3. The summed E-state index contributed by atoms with van der Waals surface area (Å²) in [6.07, 6.45) is 5.53. The number of ether oxygens (including phenoxy) is 1. The van der Waals surface area contributed by atoms with E-state index >= 15 is 0 Å². The van der Waals surface area contributed by atoms with E-state index in [1.54, 1.807) is 6.26 Å². The maximum Gasteiger partial charge on any atom is 0.223 e. The summed E-state index contributed by atoms with van der Waals surface area (Å²) in [7, 11) is 0. The zero-order valence-corrected chi connectivity index (χ0v) is 24.1. The molecular weight excluding hydrogens is 516 g/mol. The average Bonchev–Trinajstić information content (AvgIpc) is 3.64. The van der Waals surface area contributed by atoms with Gasteiger partial charge in [-0.15, -0.1) is 0 Å². The zero-order chi connectivity index (χ0) is 28.2. The van der Waals surface area contributed by atoms with Crippen molar-refractivity contribution < 1.29 is 13.9 Å². The molecule has 1 aliphatic heterocycles. The predicted octanol–water partition coefficient (Wildman–Crippen LogP) is 4.78. The molecule has 0 spiro atoms. The van der Waals surface area contributed by atoms with Crippen molar-refractivity contribution in [3.8, 4) is 11.6 Å². The van der Waals surface area contributed by atoms with Crippen LogP contribution < -0.4 is 10.6 Å². The molecule has 9 heteroatoms. The minimum Gasteiger partial charge on any atom is -0.461 e. The van der Waals surface area contributed by atoms with E-state index in [0.717, 1.165) is 105 Å². The number of nitrogens with one attached hydrogen (secondary N) is 2. The number of nitrogens with zero attached hydrogens (tertiary/aromatic N) is 4. The molecular formula is C32H40N6O3. The predicted molar refractivity (Wildman–Crippen MR) is 160 cm³/mol. The van der Waals surface area contributed by atoms with E-state index in [1.807, 2.05) is 19.1 Å². The lowest BCUT2D eigenvalue weighted by Crippen LogP contribution is -2.43. The minimum atomic E-state index is 0.120. The van der Waals surface area contributed by atoms with E-state index in [1.165, 1.54) is 5.56 Å². The number of hydrogen-bond acceptors (Lipinski definition) is 7. The Hall–Kier alpha value is -3.69. The highest BCUT2D eigenvalue weighted by Gasteiger charge is 2.26. The molecule has 0 bridgehead atoms. The minimum absolute atomic E-state index is 0.120. The summed E-state index contributed by atoms with van der Waals surface area (Å²) in [5, 5.41) is 6.85. The third-order valence-corrected chi connectivity index (χ3v) is 8.36. The van der Waals surface area contributed by atoms with Crippen LogP contribution in [0.3, 0.4) is 0 Å². The third-order valence-electron chi connectivity index (χ3n) is 8.36. The van der Waals surface area contributed by atoms with Crippen LogP contribution >= 0.6 is 0 Å². The van der Waals surface area contributed by atoms with Gasteiger partial charge in [-0.1, -0.05) is 12.1 Å². The number of benzene rings is 1. The van der Waals surface area contributed by atoms with Crippen molar-refractivity contribution >= 4 is 22.8 Å². The highest BCUT2D eigenvalue weighted by molar-refractivity contribution is 5.80. The first-order valence-electron chi connectivity index (χ1n) is 14.8. The first kappa shape index (κ1) is 27.5. The van der Waals surface area contributed by atoms with Crippen LogP contribution in [0.25, 0.3) is 22.7 Å². The second-order valence-electron chi connectivity index (χ2n) is 11.4. The van der Waals surface area contributed by atoms with Gasteiger partial charge in [-0.3, -0.25) is 9.69 Å². The Balaban J connectivity index is 1.04. The van der Waals surface area contributed by atoms with E-state index in [0.29, 0.717) is 12.6 Å². The fourth-order valence-electron chi connectivity index (χ4n) is 6.08. The maximum atomic E-state index is 12.7. The van der Waals surface area contributed by atoms with Crippen molar-refractivity contribution in [1.29, 1.82) is 0 Å². The van der Waals surface area contributed by atoms with Crippen molar-refractivity contribution in [3.05, 3.63) is 65.5 Å². The monoisotopic (exact) mass is 556 g/mol. The van der Waals surface area contributed by atoms with Gasteiger partial charge < -0.3 is 24.4 Å². The van der Waals surface area contributed by atoms with Gasteiger partial charge in [0.05, 0.1) is 26.0 Å². The second-order valence-corrected chi connectivity index (χ2v) is 11.4. The summed E-state index contributed by atoms with van der Waals surface area (Å²) in [5.41, 5.74) is 6.14. The van der Waals surface area contributed by atoms with Crippen LogP contribution in [-0.2, 0) is 16.1 Å². The van der Waals surface area contributed by atoms with E-state index in [4.69, 9.17) is 19.1 Å². The molecule has 9 nitrogen and oxygen atoms in total. The van der Waals surface area contributed by atoms with E-state index in [9.17, 15) is 4.79 Å². The molecule has 1 saturated heterocycles. The Kier molecular flexibility index (Phi) is 8.34. The van der Waals surface area contributed by atoms with Crippen molar-refractivity contribution in [2.45, 2.75) is 52.1 Å². The first-order chi connectivity index (χ1) is 20.0. The number of aromatic nitrogens is 3. The van der Waals surface area contributed by atoms with Crippen molar-refractivity contribution in [2.75, 3.05) is 44.7 Å². The van der Waals surface area contributed by atoms with E-state index in [2.05, 4.69) is 57.4 Å². The molecule has 0 radical (unpaired) electrons. The molecule has 3 aromatic heterocycles. The Bertz CT molecular complexity index is 1450. The summed E-state index contributed by atoms with van der Waals surface area (Å²) in [4.78, 5) is 24.8. The van der Waals surface area contributed by atoms with Gasteiger partial charge in [0.25, 0.3) is 0 Å². The standard InChI is InChI=1S/C32H40N6O3/c1-22-20-23(2)34-31-29(22)36-30(28-4-3-17-41-28)38(31)21-24-5-9-26(10-6-24)35-27-11-7-25(8-12-27)32(39)33-13-14-37-15-18-40-19-16-37/h3-6,9-10,17,20,25,27,35H,7-8,11-16,18-19,21H2,1-2H3,(H,33,39). The number of anilines is 1. The number of imidazole rings is 1. The number of amides is 1. The van der Waals surface area contributed by atoms with Gasteiger partial charge in [-0.05, 0) is 81.0 Å². The maximum absolute atomic E-state index is 12.7. The lowest BCUT2D eigenvalue weighted by atomic mass is 9.85. The van der Waals surface area contributed by atoms with E-state index < -0.39 is 0 Å². The number of rotatable bonds is 9. The van der Waals surface area contributed by atoms with Crippen LogP contribution in [-0.4, -0.2) is 70.8 Å². The molecule has 0 atom stereocenters. The molecule has 1 aromatic carbocycles. The molecule has 6 rings (SSSR count). The van der Waals surface area contributed by atoms with Crippen LogP contribution in [0, 0.1) is 19.8 Å². The average molecular weight is 557 g/mol. The number of morpholine rings is 1. The molecule has 1 saturated carbocycles. The van der Waals surface area contributed by atoms with Crippen LogP contribution in [0.1, 0.15) is 42.5 Å². The molecule has 4 heterocycles. The second kappa shape index (κ2) is 12.4. The van der Waals surface area contributed by atoms with Gasteiger partial charge in [-0.2, -0.15) is 0 Å². The van der Waals surface area contributed by atoms with Gasteiger partial charge in [0.1, 0.15) is 5.52 Å². The Labute approximate surface area is 241 Å². The smallest absolute Gasteiger partial charge is 0.223 e. The lowest BCUT2D eigenvalue weighted by Gasteiger charge is -2.30. The number of aryl methyl sites for hydroxylation is 2. The largest absolute Gasteiger partial charge is 0.461 e. The zero-order valence-electron chi connectivity index (χ0n) is 24.1. The summed E-state index contributed by atoms with van der Waals surface area (Å²) in [5.74, 6) is 1.85. The molecule has 4 aromatic rings. The van der Waals surface area contributed by atoms with E-state index in [-0.39, 0.29) is 11.8 Å². The number of carbonyl (C=O) groups is 1. The molecule has 1 amide bonds. The van der Waals surface area contributed by atoms with Crippen molar-refractivity contribution in [2.24, 2.45) is 5.92 Å². The number of hydrogen-bond donors (Lipinski definition) is 2. The highest BCUT2D eigenvalue weighted by Crippen LogP contribution is 2.29. The van der Waals surface area contributed by atoms with Crippen LogP contribution in [0.4, 0.5) is 5.69 Å². The highest BCUT2D eigenvalue weighted by atomic mass is 16.5. The summed E-state index contributed by atoms with van der Waals surface area (Å²) in [6, 6.07) is 14.9. The lowest BCUT2D eigenvalue weighted by molar-refractivity contribution is -0.126. The van der Waals surface area contributed by atoms with Gasteiger partial charge in [0, 0.05) is 49.5 Å². The van der Waals surface area contributed by atoms with Crippen LogP contribution in [0.2, 0.25) is 0 Å². The fourth-order valence-corrected chi connectivity index (χ4v) is 6.08. The molecule has 2 aliphatic rings. The Morgan fingerprint density at radius 2 is 1.80 bits per heavy atom. The van der Waals surface area contributed by atoms with Crippen LogP contribution in [0.5, 0.6) is 0 Å². The van der Waals surface area contributed by atoms with Crippen LogP contribution in [0.15, 0.2) is 53.1 Å². The van der Waals surface area contributed by atoms with Gasteiger partial charge in [0.15, 0.2) is 17.2 Å². The molecule has 41 heavy (non-hydrogen) atoms. The number of furan rings is 1. The summed E-state index contributed by atoms with van der Waals surface area (Å²) >= 11 is 0.